The zero-order chi connectivity index (χ0) is 17.7. The number of halogens is 3. The van der Waals surface area contributed by atoms with E-state index in [0.29, 0.717) is 24.6 Å². The molecule has 0 saturated carbocycles. The Morgan fingerprint density at radius 2 is 2.21 bits per heavy atom. The van der Waals surface area contributed by atoms with E-state index >= 15 is 0 Å². The average molecular weight is 343 g/mol. The standard InChI is InChI=1S/C17H20F3NO3/c1-21(10-13-3-2-8-24-11-13)16(23)7-5-12-4-6-14(15(22)9-12)17(18,19)20/h4-7,9,13,22H,2-3,8,10-11H2,1H3/b7-5+. The summed E-state index contributed by atoms with van der Waals surface area (Å²) in [6, 6.07) is 2.99. The second-order valence-electron chi connectivity index (χ2n) is 5.91. The van der Waals surface area contributed by atoms with Crippen LogP contribution in [0.3, 0.4) is 0 Å². The monoisotopic (exact) mass is 343 g/mol. The fourth-order valence-electron chi connectivity index (χ4n) is 2.62. The number of alkyl halides is 3. The fourth-order valence-corrected chi connectivity index (χ4v) is 2.62. The molecule has 132 valence electrons. The Morgan fingerprint density at radius 3 is 2.79 bits per heavy atom. The first-order chi connectivity index (χ1) is 11.3. The van der Waals surface area contributed by atoms with Gasteiger partial charge in [0.2, 0.25) is 5.91 Å². The molecule has 1 N–H and O–H groups in total. The molecule has 0 aliphatic carbocycles. The molecule has 0 spiro atoms. The minimum absolute atomic E-state index is 0.250. The molecule has 1 aliphatic rings. The highest BCUT2D eigenvalue weighted by atomic mass is 19.4. The highest BCUT2D eigenvalue weighted by Crippen LogP contribution is 2.36. The number of hydrogen-bond donors (Lipinski definition) is 1. The molecule has 1 amide bonds. The van der Waals surface area contributed by atoms with Crippen LogP contribution in [-0.2, 0) is 15.7 Å². The topological polar surface area (TPSA) is 49.8 Å². The highest BCUT2D eigenvalue weighted by molar-refractivity contribution is 5.91. The maximum Gasteiger partial charge on any atom is 0.419 e. The lowest BCUT2D eigenvalue weighted by Gasteiger charge is -2.26. The van der Waals surface area contributed by atoms with E-state index in [-0.39, 0.29) is 5.91 Å². The van der Waals surface area contributed by atoms with Crippen LogP contribution >= 0.6 is 0 Å². The van der Waals surface area contributed by atoms with E-state index in [1.807, 2.05) is 0 Å². The smallest absolute Gasteiger partial charge is 0.419 e. The second-order valence-corrected chi connectivity index (χ2v) is 5.91. The molecular formula is C17H20F3NO3. The maximum absolute atomic E-state index is 12.6. The number of likely N-dealkylation sites (N-methyl/N-ethyl adjacent to an activating group) is 1. The van der Waals surface area contributed by atoms with Gasteiger partial charge in [-0.05, 0) is 42.5 Å². The number of ether oxygens (including phenoxy) is 1. The van der Waals surface area contributed by atoms with Crippen molar-refractivity contribution in [2.45, 2.75) is 19.0 Å². The first-order valence-corrected chi connectivity index (χ1v) is 7.68. The van der Waals surface area contributed by atoms with Crippen molar-refractivity contribution in [1.82, 2.24) is 4.90 Å². The van der Waals surface area contributed by atoms with Crippen LogP contribution in [0.15, 0.2) is 24.3 Å². The normalized spacial score (nSPS) is 18.8. The lowest BCUT2D eigenvalue weighted by Crippen LogP contribution is -2.34. The Morgan fingerprint density at radius 1 is 1.46 bits per heavy atom. The minimum atomic E-state index is -4.61. The van der Waals surface area contributed by atoms with Crippen molar-refractivity contribution in [1.29, 1.82) is 0 Å². The maximum atomic E-state index is 12.6. The number of aromatic hydroxyl groups is 1. The molecule has 0 aromatic heterocycles. The lowest BCUT2D eigenvalue weighted by atomic mass is 10.0. The molecular weight excluding hydrogens is 323 g/mol. The lowest BCUT2D eigenvalue weighted by molar-refractivity contribution is -0.138. The number of benzene rings is 1. The Kier molecular flexibility index (Phi) is 5.88. The fraction of sp³-hybridized carbons (Fsp3) is 0.471. The van der Waals surface area contributed by atoms with Crippen molar-refractivity contribution in [2.24, 2.45) is 5.92 Å². The molecule has 24 heavy (non-hydrogen) atoms. The summed E-state index contributed by atoms with van der Waals surface area (Å²) in [5.74, 6) is -0.805. The number of amides is 1. The van der Waals surface area contributed by atoms with Crippen molar-refractivity contribution in [3.05, 3.63) is 35.4 Å². The summed E-state index contributed by atoms with van der Waals surface area (Å²) in [6.07, 6.45) is 0.0493. The van der Waals surface area contributed by atoms with Gasteiger partial charge in [-0.2, -0.15) is 13.2 Å². The van der Waals surface area contributed by atoms with Gasteiger partial charge >= 0.3 is 6.18 Å². The van der Waals surface area contributed by atoms with E-state index in [4.69, 9.17) is 4.74 Å². The van der Waals surface area contributed by atoms with Crippen molar-refractivity contribution in [2.75, 3.05) is 26.8 Å². The van der Waals surface area contributed by atoms with Gasteiger partial charge in [-0.15, -0.1) is 0 Å². The SMILES string of the molecule is CN(CC1CCCOC1)C(=O)/C=C/c1ccc(C(F)(F)F)c(O)c1. The van der Waals surface area contributed by atoms with Gasteiger partial charge in [0.1, 0.15) is 5.75 Å². The van der Waals surface area contributed by atoms with Gasteiger partial charge < -0.3 is 14.7 Å². The van der Waals surface area contributed by atoms with Crippen LogP contribution in [0, 0.1) is 5.92 Å². The molecule has 1 unspecified atom stereocenters. The molecule has 1 heterocycles. The Balaban J connectivity index is 1.96. The highest BCUT2D eigenvalue weighted by Gasteiger charge is 2.33. The molecule has 7 heteroatoms. The van der Waals surface area contributed by atoms with Gasteiger partial charge in [-0.3, -0.25) is 4.79 Å². The predicted octanol–water partition coefficient (Wildman–Crippen LogP) is 3.31. The number of carbonyl (C=O) groups excluding carboxylic acids is 1. The van der Waals surface area contributed by atoms with Crippen LogP contribution in [-0.4, -0.2) is 42.7 Å². The first-order valence-electron chi connectivity index (χ1n) is 7.68. The van der Waals surface area contributed by atoms with Crippen LogP contribution < -0.4 is 0 Å². The molecule has 4 nitrogen and oxygen atoms in total. The third-order valence-corrected chi connectivity index (χ3v) is 3.91. The van der Waals surface area contributed by atoms with Crippen molar-refractivity contribution in [3.63, 3.8) is 0 Å². The summed E-state index contributed by atoms with van der Waals surface area (Å²) < 4.78 is 43.1. The largest absolute Gasteiger partial charge is 0.507 e. The zero-order valence-corrected chi connectivity index (χ0v) is 13.3. The van der Waals surface area contributed by atoms with Crippen LogP contribution in [0.4, 0.5) is 13.2 Å². The molecule has 1 fully saturated rings. The molecule has 2 rings (SSSR count). The quantitative estimate of drug-likeness (QED) is 0.854. The summed E-state index contributed by atoms with van der Waals surface area (Å²) in [5.41, 5.74) is -0.774. The van der Waals surface area contributed by atoms with E-state index in [1.54, 1.807) is 11.9 Å². The number of nitrogens with zero attached hydrogens (tertiary/aromatic N) is 1. The molecule has 0 radical (unpaired) electrons. The summed E-state index contributed by atoms with van der Waals surface area (Å²) in [4.78, 5) is 13.6. The van der Waals surface area contributed by atoms with Gasteiger partial charge in [-0.1, -0.05) is 6.07 Å². The number of phenolic OH excluding ortho intramolecular Hbond substituents is 1. The summed E-state index contributed by atoms with van der Waals surface area (Å²) in [6.45, 7) is 1.96. The minimum Gasteiger partial charge on any atom is -0.507 e. The Hall–Kier alpha value is -2.02. The van der Waals surface area contributed by atoms with Gasteiger partial charge in [-0.25, -0.2) is 0 Å². The molecule has 0 bridgehead atoms. The van der Waals surface area contributed by atoms with Crippen LogP contribution in [0.2, 0.25) is 0 Å². The number of rotatable bonds is 4. The average Bonchev–Trinajstić information content (AvgIpc) is 2.52. The van der Waals surface area contributed by atoms with E-state index in [9.17, 15) is 23.1 Å². The molecule has 1 aliphatic heterocycles. The van der Waals surface area contributed by atoms with E-state index in [1.165, 1.54) is 18.2 Å². The predicted molar refractivity (Wildman–Crippen MR) is 83.3 cm³/mol. The molecule has 1 atom stereocenters. The van der Waals surface area contributed by atoms with Crippen LogP contribution in [0.5, 0.6) is 5.75 Å². The summed E-state index contributed by atoms with van der Waals surface area (Å²) >= 11 is 0. The number of carbonyl (C=O) groups is 1. The third kappa shape index (κ3) is 4.99. The van der Waals surface area contributed by atoms with E-state index in [2.05, 4.69) is 0 Å². The van der Waals surface area contributed by atoms with Crippen molar-refractivity contribution in [3.8, 4) is 5.75 Å². The second kappa shape index (κ2) is 7.70. The van der Waals surface area contributed by atoms with E-state index in [0.717, 1.165) is 31.6 Å². The van der Waals surface area contributed by atoms with Crippen LogP contribution in [0.1, 0.15) is 24.0 Å². The summed E-state index contributed by atoms with van der Waals surface area (Å²) in [7, 11) is 1.67. The molecule has 1 aromatic rings. The summed E-state index contributed by atoms with van der Waals surface area (Å²) in [5, 5.41) is 9.45. The Bertz CT molecular complexity index is 608. The van der Waals surface area contributed by atoms with Crippen molar-refractivity contribution >= 4 is 12.0 Å². The number of phenols is 1. The number of hydrogen-bond acceptors (Lipinski definition) is 3. The van der Waals surface area contributed by atoms with Gasteiger partial charge in [0.25, 0.3) is 0 Å². The van der Waals surface area contributed by atoms with Crippen molar-refractivity contribution < 1.29 is 27.8 Å². The van der Waals surface area contributed by atoms with E-state index < -0.39 is 17.5 Å². The van der Waals surface area contributed by atoms with Crippen LogP contribution in [0.25, 0.3) is 6.08 Å². The van der Waals surface area contributed by atoms with Gasteiger partial charge in [0, 0.05) is 26.3 Å². The van der Waals surface area contributed by atoms with Gasteiger partial charge in [0.05, 0.1) is 12.2 Å². The third-order valence-electron chi connectivity index (χ3n) is 3.91. The first kappa shape index (κ1) is 18.3. The van der Waals surface area contributed by atoms with Gasteiger partial charge in [0.15, 0.2) is 0 Å². The molecule has 1 saturated heterocycles. The zero-order valence-electron chi connectivity index (χ0n) is 13.3. The molecule has 1 aromatic carbocycles. The Labute approximate surface area is 138 Å².